The first-order valence-electron chi connectivity index (χ1n) is 9.26. The fourth-order valence-corrected chi connectivity index (χ4v) is 4.71. The molecule has 2 heterocycles. The minimum Gasteiger partial charge on any atom is -0.360 e. The largest absolute Gasteiger partial charge is 0.360 e. The molecule has 1 aliphatic carbocycles. The molecule has 2 aliphatic rings. The number of amides is 1. The molecule has 2 aromatic rings. The lowest BCUT2D eigenvalue weighted by Gasteiger charge is -2.41. The minimum absolute atomic E-state index is 0.127. The first kappa shape index (κ1) is 17.5. The summed E-state index contributed by atoms with van der Waals surface area (Å²) in [5.74, 6) is 1.06. The Kier molecular flexibility index (Phi) is 4.74. The average molecular weight is 377 g/mol. The van der Waals surface area contributed by atoms with E-state index in [1.54, 1.807) is 13.0 Å². The fourth-order valence-electron chi connectivity index (χ4n) is 4.46. The topological polar surface area (TPSA) is 46.3 Å². The van der Waals surface area contributed by atoms with Crippen LogP contribution in [0.2, 0.25) is 5.02 Å². The molecule has 1 saturated heterocycles. The van der Waals surface area contributed by atoms with Gasteiger partial charge in [-0.2, -0.15) is 0 Å². The second kappa shape index (κ2) is 7.03. The van der Waals surface area contributed by atoms with Crippen LogP contribution in [0.25, 0.3) is 11.3 Å². The number of carbonyl (C=O) groups excluding carboxylic acids is 1. The molecule has 1 amide bonds. The minimum atomic E-state index is -0.508. The molecule has 0 radical (unpaired) electrons. The van der Waals surface area contributed by atoms with E-state index in [1.807, 2.05) is 4.90 Å². The van der Waals surface area contributed by atoms with Crippen molar-refractivity contribution in [2.24, 2.45) is 11.8 Å². The van der Waals surface area contributed by atoms with Crippen LogP contribution >= 0.6 is 11.6 Å². The highest BCUT2D eigenvalue weighted by Gasteiger charge is 2.35. The van der Waals surface area contributed by atoms with Gasteiger partial charge in [-0.25, -0.2) is 4.39 Å². The van der Waals surface area contributed by atoms with E-state index in [2.05, 4.69) is 5.16 Å². The van der Waals surface area contributed by atoms with Crippen molar-refractivity contribution in [3.05, 3.63) is 40.4 Å². The van der Waals surface area contributed by atoms with Gasteiger partial charge in [-0.1, -0.05) is 42.1 Å². The molecule has 1 saturated carbocycles. The van der Waals surface area contributed by atoms with E-state index in [0.717, 1.165) is 25.4 Å². The number of rotatable bonds is 2. The number of piperidine rings is 1. The Labute approximate surface area is 157 Å². The number of hydrogen-bond donors (Lipinski definition) is 0. The van der Waals surface area contributed by atoms with Gasteiger partial charge in [-0.3, -0.25) is 4.79 Å². The van der Waals surface area contributed by atoms with Crippen LogP contribution in [0.15, 0.2) is 22.7 Å². The SMILES string of the molecule is Cc1onc(-c2c(F)cccc2Cl)c1C(=O)N1CC[C@H]2CCCC[C@@H]2C1. The van der Waals surface area contributed by atoms with Crippen molar-refractivity contribution in [3.8, 4) is 11.3 Å². The summed E-state index contributed by atoms with van der Waals surface area (Å²) in [6.45, 7) is 3.18. The van der Waals surface area contributed by atoms with Gasteiger partial charge < -0.3 is 9.42 Å². The number of benzene rings is 1. The van der Waals surface area contributed by atoms with Crippen molar-refractivity contribution in [3.63, 3.8) is 0 Å². The second-order valence-electron chi connectivity index (χ2n) is 7.40. The third kappa shape index (κ3) is 3.02. The highest BCUT2D eigenvalue weighted by Crippen LogP contribution is 2.38. The number of nitrogens with zero attached hydrogens (tertiary/aromatic N) is 2. The predicted molar refractivity (Wildman–Crippen MR) is 97.6 cm³/mol. The number of aryl methyl sites for hydroxylation is 1. The van der Waals surface area contributed by atoms with Gasteiger partial charge in [0.2, 0.25) is 0 Å². The smallest absolute Gasteiger partial charge is 0.259 e. The molecular weight excluding hydrogens is 355 g/mol. The summed E-state index contributed by atoms with van der Waals surface area (Å²) in [6, 6.07) is 4.43. The standard InChI is InChI=1S/C20H22ClFN2O2/c1-12-17(19(23-26-12)18-15(21)7-4-8-16(18)22)20(25)24-10-9-13-5-2-3-6-14(13)11-24/h4,7-8,13-14H,2-3,5-6,9-11H2,1H3/t13-,14-/m1/s1. The monoisotopic (exact) mass is 376 g/mol. The van der Waals surface area contributed by atoms with E-state index in [0.29, 0.717) is 17.2 Å². The normalized spacial score (nSPS) is 23.0. The van der Waals surface area contributed by atoms with E-state index >= 15 is 0 Å². The summed E-state index contributed by atoms with van der Waals surface area (Å²) in [6.07, 6.45) is 6.04. The van der Waals surface area contributed by atoms with E-state index in [9.17, 15) is 9.18 Å². The summed E-state index contributed by atoms with van der Waals surface area (Å²) < 4.78 is 19.6. The van der Waals surface area contributed by atoms with Crippen LogP contribution < -0.4 is 0 Å². The molecule has 2 atom stereocenters. The van der Waals surface area contributed by atoms with Gasteiger partial charge in [0.05, 0.1) is 10.6 Å². The van der Waals surface area contributed by atoms with Gasteiger partial charge in [0, 0.05) is 13.1 Å². The van der Waals surface area contributed by atoms with Crippen LogP contribution in [0.1, 0.15) is 48.2 Å². The number of halogens is 2. The van der Waals surface area contributed by atoms with Gasteiger partial charge in [0.15, 0.2) is 0 Å². The summed E-state index contributed by atoms with van der Waals surface area (Å²) in [7, 11) is 0. The van der Waals surface area contributed by atoms with Gasteiger partial charge in [0.25, 0.3) is 5.91 Å². The summed E-state index contributed by atoms with van der Waals surface area (Å²) in [5.41, 5.74) is 0.648. The van der Waals surface area contributed by atoms with E-state index < -0.39 is 5.82 Å². The molecule has 6 heteroatoms. The molecule has 4 rings (SSSR count). The molecular formula is C20H22ClFN2O2. The van der Waals surface area contributed by atoms with E-state index in [4.69, 9.17) is 16.1 Å². The molecule has 4 nitrogen and oxygen atoms in total. The Bertz CT molecular complexity index is 815. The lowest BCUT2D eigenvalue weighted by atomic mass is 9.75. The molecule has 1 aromatic carbocycles. The maximum atomic E-state index is 14.4. The summed E-state index contributed by atoms with van der Waals surface area (Å²) in [4.78, 5) is 15.1. The quantitative estimate of drug-likeness (QED) is 0.732. The third-order valence-corrected chi connectivity index (χ3v) is 6.17. The number of aromatic nitrogens is 1. The number of fused-ring (bicyclic) bond motifs is 1. The Balaban J connectivity index is 1.66. The molecule has 2 fully saturated rings. The molecule has 138 valence electrons. The Hall–Kier alpha value is -1.88. The highest BCUT2D eigenvalue weighted by atomic mass is 35.5. The van der Waals surface area contributed by atoms with Crippen LogP contribution in [0.4, 0.5) is 4.39 Å². The van der Waals surface area contributed by atoms with Gasteiger partial charge in [-0.05, 0) is 43.7 Å². The molecule has 0 unspecified atom stereocenters. The number of hydrogen-bond acceptors (Lipinski definition) is 3. The van der Waals surface area contributed by atoms with Crippen LogP contribution in [0, 0.1) is 24.6 Å². The van der Waals surface area contributed by atoms with Gasteiger partial charge in [0.1, 0.15) is 22.8 Å². The second-order valence-corrected chi connectivity index (χ2v) is 7.81. The molecule has 0 spiro atoms. The van der Waals surface area contributed by atoms with Crippen molar-refractivity contribution in [1.82, 2.24) is 10.1 Å². The van der Waals surface area contributed by atoms with Gasteiger partial charge >= 0.3 is 0 Å². The molecule has 1 aliphatic heterocycles. The van der Waals surface area contributed by atoms with E-state index in [-0.39, 0.29) is 22.2 Å². The molecule has 1 aromatic heterocycles. The molecule has 0 N–H and O–H groups in total. The lowest BCUT2D eigenvalue weighted by Crippen LogP contribution is -2.45. The van der Waals surface area contributed by atoms with E-state index in [1.165, 1.54) is 37.8 Å². The zero-order chi connectivity index (χ0) is 18.3. The average Bonchev–Trinajstić information content (AvgIpc) is 3.02. The number of likely N-dealkylation sites (tertiary alicyclic amines) is 1. The van der Waals surface area contributed by atoms with Crippen molar-refractivity contribution in [1.29, 1.82) is 0 Å². The first-order chi connectivity index (χ1) is 12.6. The first-order valence-corrected chi connectivity index (χ1v) is 9.64. The maximum absolute atomic E-state index is 14.4. The van der Waals surface area contributed by atoms with Crippen molar-refractivity contribution in [2.45, 2.75) is 39.0 Å². The third-order valence-electron chi connectivity index (χ3n) is 5.85. The molecule has 26 heavy (non-hydrogen) atoms. The Morgan fingerprint density at radius 1 is 1.27 bits per heavy atom. The van der Waals surface area contributed by atoms with Crippen molar-refractivity contribution >= 4 is 17.5 Å². The highest BCUT2D eigenvalue weighted by molar-refractivity contribution is 6.33. The fraction of sp³-hybridized carbons (Fsp3) is 0.500. The lowest BCUT2D eigenvalue weighted by molar-refractivity contribution is 0.0520. The van der Waals surface area contributed by atoms with Crippen LogP contribution in [-0.2, 0) is 0 Å². The zero-order valence-corrected chi connectivity index (χ0v) is 15.6. The Morgan fingerprint density at radius 3 is 2.81 bits per heavy atom. The van der Waals surface area contributed by atoms with Crippen LogP contribution in [-0.4, -0.2) is 29.1 Å². The Morgan fingerprint density at radius 2 is 2.04 bits per heavy atom. The van der Waals surface area contributed by atoms with Crippen LogP contribution in [0.3, 0.4) is 0 Å². The maximum Gasteiger partial charge on any atom is 0.259 e. The van der Waals surface area contributed by atoms with Crippen molar-refractivity contribution < 1.29 is 13.7 Å². The molecule has 0 bridgehead atoms. The van der Waals surface area contributed by atoms with Crippen LogP contribution in [0.5, 0.6) is 0 Å². The summed E-state index contributed by atoms with van der Waals surface area (Å²) >= 11 is 6.18. The van der Waals surface area contributed by atoms with Crippen molar-refractivity contribution in [2.75, 3.05) is 13.1 Å². The predicted octanol–water partition coefficient (Wildman–Crippen LogP) is 5.09. The van der Waals surface area contributed by atoms with Gasteiger partial charge in [-0.15, -0.1) is 0 Å². The zero-order valence-electron chi connectivity index (χ0n) is 14.8. The number of carbonyl (C=O) groups is 1. The summed E-state index contributed by atoms with van der Waals surface area (Å²) in [5, 5.41) is 4.18.